The number of carbonyl (C=O) groups excluding carboxylic acids is 1. The Morgan fingerprint density at radius 2 is 2.00 bits per heavy atom. The monoisotopic (exact) mass is 466 g/mol. The van der Waals surface area contributed by atoms with Crippen LogP contribution in [0.25, 0.3) is 55.3 Å². The Labute approximate surface area is 197 Å². The minimum atomic E-state index is -0.0648. The fourth-order valence-corrected chi connectivity index (χ4v) is 4.56. The highest BCUT2D eigenvalue weighted by molar-refractivity contribution is 7.13. The number of aromatic nitrogens is 7. The first-order valence-corrected chi connectivity index (χ1v) is 11.6. The van der Waals surface area contributed by atoms with E-state index in [4.69, 9.17) is 4.98 Å². The number of rotatable bonds is 5. The van der Waals surface area contributed by atoms with Gasteiger partial charge in [-0.2, -0.15) is 5.10 Å². The smallest absolute Gasteiger partial charge is 0.224 e. The molecule has 34 heavy (non-hydrogen) atoms. The molecule has 6 rings (SSSR count). The maximum Gasteiger partial charge on any atom is 0.224 e. The molecule has 0 aliphatic heterocycles. The van der Waals surface area contributed by atoms with E-state index in [2.05, 4.69) is 41.5 Å². The van der Waals surface area contributed by atoms with Crippen molar-refractivity contribution >= 4 is 45.1 Å². The molecule has 3 N–H and O–H groups in total. The van der Waals surface area contributed by atoms with Gasteiger partial charge in [-0.3, -0.25) is 14.9 Å². The van der Waals surface area contributed by atoms with Gasteiger partial charge in [0.25, 0.3) is 0 Å². The number of thiophene rings is 1. The largest absolute Gasteiger partial charge is 0.325 e. The first-order chi connectivity index (χ1) is 16.7. The maximum atomic E-state index is 11.8. The Morgan fingerprint density at radius 1 is 1.09 bits per heavy atom. The van der Waals surface area contributed by atoms with E-state index in [1.54, 1.807) is 36.1 Å². The van der Waals surface area contributed by atoms with Crippen LogP contribution in [0.5, 0.6) is 0 Å². The SMILES string of the molecule is CCC(=O)Nc1cncc(-c2cnc3[nH]nc(-c4nc5c(-c6cccs6)ccnc5[nH]4)c3c2)c1. The number of amides is 1. The van der Waals surface area contributed by atoms with Crippen LogP contribution < -0.4 is 5.32 Å². The van der Waals surface area contributed by atoms with Crippen molar-refractivity contribution in [3.8, 4) is 33.1 Å². The van der Waals surface area contributed by atoms with Crippen molar-refractivity contribution in [3.63, 3.8) is 0 Å². The molecule has 0 atom stereocenters. The van der Waals surface area contributed by atoms with Gasteiger partial charge in [0.2, 0.25) is 5.91 Å². The highest BCUT2D eigenvalue weighted by atomic mass is 32.1. The van der Waals surface area contributed by atoms with Crippen molar-refractivity contribution in [1.82, 2.24) is 35.1 Å². The third-order valence-corrected chi connectivity index (χ3v) is 6.39. The molecule has 0 aliphatic carbocycles. The van der Waals surface area contributed by atoms with E-state index >= 15 is 0 Å². The summed E-state index contributed by atoms with van der Waals surface area (Å²) in [4.78, 5) is 34.3. The van der Waals surface area contributed by atoms with E-state index in [0.717, 1.165) is 32.5 Å². The number of nitrogens with zero attached hydrogens (tertiary/aromatic N) is 5. The number of fused-ring (bicyclic) bond motifs is 2. The van der Waals surface area contributed by atoms with Crippen LogP contribution in [0.2, 0.25) is 0 Å². The van der Waals surface area contributed by atoms with E-state index in [-0.39, 0.29) is 5.91 Å². The summed E-state index contributed by atoms with van der Waals surface area (Å²) >= 11 is 1.66. The number of H-pyrrole nitrogens is 2. The predicted octanol–water partition coefficient (Wildman–Crippen LogP) is 5.04. The number of hydrogen-bond acceptors (Lipinski definition) is 7. The Balaban J connectivity index is 1.43. The van der Waals surface area contributed by atoms with Gasteiger partial charge in [0.15, 0.2) is 17.1 Å². The lowest BCUT2D eigenvalue weighted by molar-refractivity contribution is -0.115. The van der Waals surface area contributed by atoms with Crippen LogP contribution in [0.15, 0.2) is 60.5 Å². The Morgan fingerprint density at radius 3 is 2.85 bits per heavy atom. The minimum absolute atomic E-state index is 0.0648. The lowest BCUT2D eigenvalue weighted by Crippen LogP contribution is -2.09. The second-order valence-corrected chi connectivity index (χ2v) is 8.62. The summed E-state index contributed by atoms with van der Waals surface area (Å²) in [6, 6.07) is 9.93. The third-order valence-electron chi connectivity index (χ3n) is 5.49. The van der Waals surface area contributed by atoms with Gasteiger partial charge in [-0.05, 0) is 29.6 Å². The van der Waals surface area contributed by atoms with Crippen LogP contribution >= 0.6 is 11.3 Å². The van der Waals surface area contributed by atoms with E-state index in [9.17, 15) is 4.79 Å². The van der Waals surface area contributed by atoms with Crippen molar-refractivity contribution in [2.24, 2.45) is 0 Å². The van der Waals surface area contributed by atoms with Crippen LogP contribution in [-0.4, -0.2) is 41.0 Å². The fraction of sp³-hybridized carbons (Fsp3) is 0.0833. The number of imidazole rings is 1. The first kappa shape index (κ1) is 20.2. The summed E-state index contributed by atoms with van der Waals surface area (Å²) in [6.45, 7) is 1.81. The zero-order valence-corrected chi connectivity index (χ0v) is 18.8. The molecule has 0 aliphatic rings. The van der Waals surface area contributed by atoms with Gasteiger partial charge < -0.3 is 10.3 Å². The summed E-state index contributed by atoms with van der Waals surface area (Å²) < 4.78 is 0. The average molecular weight is 467 g/mol. The molecule has 1 amide bonds. The van der Waals surface area contributed by atoms with Crippen LogP contribution in [0.1, 0.15) is 13.3 Å². The molecule has 0 saturated heterocycles. The van der Waals surface area contributed by atoms with Crippen LogP contribution in [0, 0.1) is 0 Å². The Bertz CT molecular complexity index is 1650. The zero-order chi connectivity index (χ0) is 23.1. The number of hydrogen-bond donors (Lipinski definition) is 3. The molecule has 0 saturated carbocycles. The lowest BCUT2D eigenvalue weighted by atomic mass is 10.1. The van der Waals surface area contributed by atoms with Gasteiger partial charge in [0.05, 0.1) is 17.3 Å². The quantitative estimate of drug-likeness (QED) is 0.327. The van der Waals surface area contributed by atoms with Crippen molar-refractivity contribution in [3.05, 3.63) is 60.5 Å². The van der Waals surface area contributed by atoms with E-state index < -0.39 is 0 Å². The minimum Gasteiger partial charge on any atom is -0.325 e. The van der Waals surface area contributed by atoms with Crippen LogP contribution in [0.3, 0.4) is 0 Å². The van der Waals surface area contributed by atoms with Crippen molar-refractivity contribution in [2.45, 2.75) is 13.3 Å². The number of pyridine rings is 3. The highest BCUT2D eigenvalue weighted by Gasteiger charge is 2.17. The van der Waals surface area contributed by atoms with Gasteiger partial charge in [-0.15, -0.1) is 11.3 Å². The predicted molar refractivity (Wildman–Crippen MR) is 132 cm³/mol. The van der Waals surface area contributed by atoms with Gasteiger partial charge in [0.1, 0.15) is 11.2 Å². The Hall–Kier alpha value is -4.44. The molecule has 6 aromatic heterocycles. The average Bonchev–Trinajstić information content (AvgIpc) is 3.62. The molecule has 166 valence electrons. The zero-order valence-electron chi connectivity index (χ0n) is 18.0. The van der Waals surface area contributed by atoms with Gasteiger partial charge in [-0.25, -0.2) is 15.0 Å². The van der Waals surface area contributed by atoms with Crippen molar-refractivity contribution in [2.75, 3.05) is 5.32 Å². The molecule has 0 radical (unpaired) electrons. The maximum absolute atomic E-state index is 11.8. The van der Waals surface area contributed by atoms with Crippen LogP contribution in [0.4, 0.5) is 5.69 Å². The molecule has 0 spiro atoms. The summed E-state index contributed by atoms with van der Waals surface area (Å²) in [5.41, 5.74) is 6.15. The fourth-order valence-electron chi connectivity index (χ4n) is 3.81. The van der Waals surface area contributed by atoms with E-state index in [0.29, 0.717) is 34.9 Å². The number of carbonyl (C=O) groups is 1. The topological polar surface area (TPSA) is 125 Å². The van der Waals surface area contributed by atoms with Gasteiger partial charge >= 0.3 is 0 Å². The third kappa shape index (κ3) is 3.50. The number of anilines is 1. The number of nitrogens with one attached hydrogen (secondary N) is 3. The highest BCUT2D eigenvalue weighted by Crippen LogP contribution is 2.33. The molecule has 9 nitrogen and oxygen atoms in total. The molecule has 0 fully saturated rings. The molecule has 6 heterocycles. The second-order valence-electron chi connectivity index (χ2n) is 7.67. The summed E-state index contributed by atoms with van der Waals surface area (Å²) in [5, 5.41) is 13.2. The molecule has 0 unspecified atom stereocenters. The standard InChI is InChI=1S/C24H18N8OS/c1-2-19(33)28-15-8-13(10-25-12-15)14-9-17-21(31-32-22(17)27-11-14)24-29-20-16(18-4-3-7-34-18)5-6-26-23(20)30-24/h3-12H,2H2,1H3,(H,28,33)(H,26,29,30)(H,27,31,32). The number of aromatic amines is 2. The summed E-state index contributed by atoms with van der Waals surface area (Å²) in [5.74, 6) is 0.545. The van der Waals surface area contributed by atoms with Gasteiger partial charge in [0, 0.05) is 46.6 Å². The first-order valence-electron chi connectivity index (χ1n) is 10.7. The molecular formula is C24H18N8OS. The molecule has 0 bridgehead atoms. The molecule has 6 aromatic rings. The Kier molecular flexibility index (Phi) is 4.84. The van der Waals surface area contributed by atoms with Gasteiger partial charge in [-0.1, -0.05) is 13.0 Å². The molecule has 10 heteroatoms. The van der Waals surface area contributed by atoms with Crippen molar-refractivity contribution in [1.29, 1.82) is 0 Å². The molecular weight excluding hydrogens is 448 g/mol. The van der Waals surface area contributed by atoms with Crippen molar-refractivity contribution < 1.29 is 4.79 Å². The van der Waals surface area contributed by atoms with E-state index in [1.807, 2.05) is 36.6 Å². The lowest BCUT2D eigenvalue weighted by Gasteiger charge is -2.06. The normalized spacial score (nSPS) is 11.3. The van der Waals surface area contributed by atoms with Crippen LogP contribution in [-0.2, 0) is 4.79 Å². The molecule has 0 aromatic carbocycles. The van der Waals surface area contributed by atoms with E-state index in [1.165, 1.54) is 0 Å². The second kappa shape index (κ2) is 8.16. The summed E-state index contributed by atoms with van der Waals surface area (Å²) in [7, 11) is 0. The summed E-state index contributed by atoms with van der Waals surface area (Å²) in [6.07, 6.45) is 7.29.